The van der Waals surface area contributed by atoms with Gasteiger partial charge in [0.15, 0.2) is 21.3 Å². The topological polar surface area (TPSA) is 84.9 Å². The van der Waals surface area contributed by atoms with Crippen LogP contribution in [0.3, 0.4) is 0 Å². The van der Waals surface area contributed by atoms with Crippen LogP contribution in [0, 0.1) is 0 Å². The van der Waals surface area contributed by atoms with Gasteiger partial charge in [-0.1, -0.05) is 6.07 Å². The summed E-state index contributed by atoms with van der Waals surface area (Å²) in [5, 5.41) is 2.89. The second kappa shape index (κ2) is 8.96. The number of methoxy groups -OCH3 is 1. The highest BCUT2D eigenvalue weighted by molar-refractivity contribution is 7.91. The molecule has 154 valence electrons. The molecule has 2 saturated heterocycles. The maximum Gasteiger partial charge on any atom is 0.244 e. The average Bonchev–Trinajstić information content (AvgIpc) is 3.28. The summed E-state index contributed by atoms with van der Waals surface area (Å²) in [6.45, 7) is 4.23. The summed E-state index contributed by atoms with van der Waals surface area (Å²) >= 11 is 0. The molecule has 7 nitrogen and oxygen atoms in total. The quantitative estimate of drug-likeness (QED) is 0.688. The molecule has 1 amide bonds. The fraction of sp³-hybridized carbons (Fsp3) is 0.550. The van der Waals surface area contributed by atoms with E-state index < -0.39 is 9.84 Å². The number of sulfone groups is 1. The first kappa shape index (κ1) is 20.7. The summed E-state index contributed by atoms with van der Waals surface area (Å²) < 4.78 is 35.0. The van der Waals surface area contributed by atoms with Crippen LogP contribution in [0.2, 0.25) is 0 Å². The lowest BCUT2D eigenvalue weighted by molar-refractivity contribution is -0.117. The van der Waals surface area contributed by atoms with Gasteiger partial charge in [-0.25, -0.2) is 8.42 Å². The van der Waals surface area contributed by atoms with E-state index in [1.165, 1.54) is 6.08 Å². The van der Waals surface area contributed by atoms with E-state index in [0.29, 0.717) is 18.1 Å². The lowest BCUT2D eigenvalue weighted by Gasteiger charge is -2.28. The second-order valence-electron chi connectivity index (χ2n) is 7.18. The Morgan fingerprint density at radius 3 is 2.68 bits per heavy atom. The van der Waals surface area contributed by atoms with E-state index in [4.69, 9.17) is 9.47 Å². The van der Waals surface area contributed by atoms with Crippen molar-refractivity contribution in [2.75, 3.05) is 38.3 Å². The standard InChI is InChI=1S/C20H28N2O5S/c1-3-27-18-8-6-15(12-19(18)26-2)7-9-20(23)21-16-13-28(24,25)14-17(16)22-10-4-5-11-22/h6-9,12,16-17H,3-5,10-11,13-14H2,1-2H3,(H,21,23)/b9-7+. The molecule has 0 saturated carbocycles. The third-order valence-electron chi connectivity index (χ3n) is 5.17. The number of hydrogen-bond donors (Lipinski definition) is 1. The zero-order valence-corrected chi connectivity index (χ0v) is 17.2. The molecule has 1 aromatic rings. The molecule has 0 aliphatic carbocycles. The summed E-state index contributed by atoms with van der Waals surface area (Å²) in [6.07, 6.45) is 5.27. The molecule has 1 N–H and O–H groups in total. The SMILES string of the molecule is CCOc1ccc(/C=C/C(=O)NC2CS(=O)(=O)CC2N2CCCC2)cc1OC. The minimum absolute atomic E-state index is 0.00459. The Balaban J connectivity index is 1.65. The predicted molar refractivity (Wildman–Crippen MR) is 108 cm³/mol. The van der Waals surface area contributed by atoms with Crippen molar-refractivity contribution in [2.24, 2.45) is 0 Å². The molecular weight excluding hydrogens is 380 g/mol. The van der Waals surface area contributed by atoms with Gasteiger partial charge in [0, 0.05) is 12.1 Å². The maximum atomic E-state index is 12.4. The van der Waals surface area contributed by atoms with Gasteiger partial charge in [-0.3, -0.25) is 9.69 Å². The van der Waals surface area contributed by atoms with Crippen LogP contribution in [-0.4, -0.2) is 69.6 Å². The summed E-state index contributed by atoms with van der Waals surface area (Å²) in [6, 6.07) is 4.93. The molecule has 2 unspecified atom stereocenters. The van der Waals surface area contributed by atoms with E-state index in [-0.39, 0.29) is 29.5 Å². The second-order valence-corrected chi connectivity index (χ2v) is 9.33. The first-order valence-corrected chi connectivity index (χ1v) is 11.5. The van der Waals surface area contributed by atoms with E-state index in [1.807, 2.05) is 13.0 Å². The Morgan fingerprint density at radius 2 is 2.00 bits per heavy atom. The molecule has 0 bridgehead atoms. The van der Waals surface area contributed by atoms with Gasteiger partial charge in [0.1, 0.15) is 0 Å². The molecule has 28 heavy (non-hydrogen) atoms. The van der Waals surface area contributed by atoms with Crippen molar-refractivity contribution < 1.29 is 22.7 Å². The highest BCUT2D eigenvalue weighted by Crippen LogP contribution is 2.28. The fourth-order valence-corrected chi connectivity index (χ4v) is 5.82. The normalized spacial score (nSPS) is 24.5. The zero-order valence-electron chi connectivity index (χ0n) is 16.4. The van der Waals surface area contributed by atoms with Gasteiger partial charge >= 0.3 is 0 Å². The average molecular weight is 409 g/mol. The van der Waals surface area contributed by atoms with Crippen LogP contribution in [-0.2, 0) is 14.6 Å². The van der Waals surface area contributed by atoms with Crippen molar-refractivity contribution >= 4 is 21.8 Å². The molecule has 0 radical (unpaired) electrons. The van der Waals surface area contributed by atoms with Gasteiger partial charge < -0.3 is 14.8 Å². The van der Waals surface area contributed by atoms with Crippen molar-refractivity contribution in [2.45, 2.75) is 31.8 Å². The molecule has 2 aliphatic rings. The summed E-state index contributed by atoms with van der Waals surface area (Å²) in [5.74, 6) is 1.08. The smallest absolute Gasteiger partial charge is 0.244 e. The molecule has 2 fully saturated rings. The highest BCUT2D eigenvalue weighted by atomic mass is 32.2. The Kier molecular flexibility index (Phi) is 6.61. The molecular formula is C20H28N2O5S. The molecule has 2 aliphatic heterocycles. The largest absolute Gasteiger partial charge is 0.493 e. The Labute approximate surface area is 166 Å². The number of carbonyl (C=O) groups excluding carboxylic acids is 1. The van der Waals surface area contributed by atoms with Crippen LogP contribution in [0.5, 0.6) is 11.5 Å². The molecule has 1 aromatic carbocycles. The molecule has 2 atom stereocenters. The molecule has 0 aromatic heterocycles. The first-order valence-electron chi connectivity index (χ1n) is 9.65. The Morgan fingerprint density at radius 1 is 1.25 bits per heavy atom. The van der Waals surface area contributed by atoms with Gasteiger partial charge in [0.05, 0.1) is 31.3 Å². The Bertz CT molecular complexity index is 831. The molecule has 0 spiro atoms. The Hall–Kier alpha value is -2.06. The lowest BCUT2D eigenvalue weighted by Crippen LogP contribution is -2.49. The van der Waals surface area contributed by atoms with E-state index in [9.17, 15) is 13.2 Å². The number of nitrogens with zero attached hydrogens (tertiary/aromatic N) is 1. The van der Waals surface area contributed by atoms with E-state index in [2.05, 4.69) is 10.2 Å². The molecule has 8 heteroatoms. The number of ether oxygens (including phenoxy) is 2. The van der Waals surface area contributed by atoms with Gasteiger partial charge in [-0.05, 0) is 56.6 Å². The van der Waals surface area contributed by atoms with Crippen LogP contribution in [0.15, 0.2) is 24.3 Å². The van der Waals surface area contributed by atoms with E-state index in [1.54, 1.807) is 25.3 Å². The van der Waals surface area contributed by atoms with Gasteiger partial charge in [0.25, 0.3) is 0 Å². The summed E-state index contributed by atoms with van der Waals surface area (Å²) in [4.78, 5) is 14.6. The predicted octanol–water partition coefficient (Wildman–Crippen LogP) is 1.48. The van der Waals surface area contributed by atoms with Crippen molar-refractivity contribution in [1.29, 1.82) is 0 Å². The van der Waals surface area contributed by atoms with Gasteiger partial charge in [-0.15, -0.1) is 0 Å². The minimum Gasteiger partial charge on any atom is -0.493 e. The van der Waals surface area contributed by atoms with E-state index in [0.717, 1.165) is 31.5 Å². The fourth-order valence-electron chi connectivity index (χ4n) is 3.87. The van der Waals surface area contributed by atoms with Gasteiger partial charge in [0.2, 0.25) is 5.91 Å². The van der Waals surface area contributed by atoms with Crippen LogP contribution in [0.25, 0.3) is 6.08 Å². The maximum absolute atomic E-state index is 12.4. The number of nitrogens with one attached hydrogen (secondary N) is 1. The van der Waals surface area contributed by atoms with Crippen LogP contribution in [0.4, 0.5) is 0 Å². The third kappa shape index (κ3) is 5.05. The van der Waals surface area contributed by atoms with Crippen molar-refractivity contribution in [1.82, 2.24) is 10.2 Å². The van der Waals surface area contributed by atoms with Crippen LogP contribution < -0.4 is 14.8 Å². The summed E-state index contributed by atoms with van der Waals surface area (Å²) in [7, 11) is -1.56. The minimum atomic E-state index is -3.12. The lowest BCUT2D eigenvalue weighted by atomic mass is 10.1. The van der Waals surface area contributed by atoms with Crippen molar-refractivity contribution in [3.63, 3.8) is 0 Å². The van der Waals surface area contributed by atoms with E-state index >= 15 is 0 Å². The zero-order chi connectivity index (χ0) is 20.1. The molecule has 3 rings (SSSR count). The van der Waals surface area contributed by atoms with Gasteiger partial charge in [-0.2, -0.15) is 0 Å². The number of benzene rings is 1. The van der Waals surface area contributed by atoms with Crippen molar-refractivity contribution in [3.8, 4) is 11.5 Å². The van der Waals surface area contributed by atoms with Crippen LogP contribution >= 0.6 is 0 Å². The van der Waals surface area contributed by atoms with Crippen molar-refractivity contribution in [3.05, 3.63) is 29.8 Å². The summed E-state index contributed by atoms with van der Waals surface area (Å²) in [5.41, 5.74) is 0.797. The molecule has 2 heterocycles. The number of carbonyl (C=O) groups is 1. The monoisotopic (exact) mass is 408 g/mol. The number of amides is 1. The number of rotatable bonds is 7. The third-order valence-corrected chi connectivity index (χ3v) is 6.89. The number of likely N-dealkylation sites (tertiary alicyclic amines) is 1. The first-order chi connectivity index (χ1) is 13.4. The van der Waals surface area contributed by atoms with Crippen LogP contribution in [0.1, 0.15) is 25.3 Å². The number of hydrogen-bond acceptors (Lipinski definition) is 6. The highest BCUT2D eigenvalue weighted by Gasteiger charge is 2.42.